The third kappa shape index (κ3) is 3.53. The van der Waals surface area contributed by atoms with E-state index in [0.29, 0.717) is 5.56 Å². The van der Waals surface area contributed by atoms with Crippen LogP contribution in [0.5, 0.6) is 0 Å². The van der Waals surface area contributed by atoms with E-state index in [4.69, 9.17) is 5.73 Å². The number of sulfonamides is 1. The van der Waals surface area contributed by atoms with Crippen LogP contribution < -0.4 is 15.8 Å². The van der Waals surface area contributed by atoms with Gasteiger partial charge in [0.15, 0.2) is 0 Å². The van der Waals surface area contributed by atoms with E-state index in [1.165, 1.54) is 0 Å². The van der Waals surface area contributed by atoms with Crippen LogP contribution in [0.15, 0.2) is 53.6 Å². The van der Waals surface area contributed by atoms with Crippen molar-refractivity contribution in [1.29, 1.82) is 0 Å². The molecular weight excluding hydrogens is 286 g/mol. The summed E-state index contributed by atoms with van der Waals surface area (Å²) in [6, 6.07) is 6.74. The predicted molar refractivity (Wildman–Crippen MR) is 83.8 cm³/mol. The number of nitrogens with one attached hydrogen (secondary N) is 2. The highest BCUT2D eigenvalue weighted by atomic mass is 32.2. The van der Waals surface area contributed by atoms with E-state index in [1.807, 2.05) is 0 Å². The van der Waals surface area contributed by atoms with E-state index in [1.54, 1.807) is 69.5 Å². The second-order valence-corrected chi connectivity index (χ2v) is 7.73. The molecule has 1 heterocycles. The fourth-order valence-corrected chi connectivity index (χ4v) is 3.87. The number of allylic oxidation sites excluding steroid dienone is 2. The lowest BCUT2D eigenvalue weighted by Crippen LogP contribution is -2.49. The number of hydrogen-bond acceptors (Lipinski definition) is 4. The quantitative estimate of drug-likeness (QED) is 0.791. The maximum Gasteiger partial charge on any atom is 0.241 e. The van der Waals surface area contributed by atoms with Gasteiger partial charge in [-0.3, -0.25) is 0 Å². The first-order valence-electron chi connectivity index (χ1n) is 6.68. The topological polar surface area (TPSA) is 84.2 Å². The first-order valence-corrected chi connectivity index (χ1v) is 8.17. The summed E-state index contributed by atoms with van der Waals surface area (Å²) in [5, 5.41) is 3.01. The van der Waals surface area contributed by atoms with Gasteiger partial charge >= 0.3 is 0 Å². The van der Waals surface area contributed by atoms with Gasteiger partial charge in [0.1, 0.15) is 5.66 Å². The molecule has 1 unspecified atom stereocenters. The number of rotatable bonds is 3. The Labute approximate surface area is 126 Å². The van der Waals surface area contributed by atoms with Crippen molar-refractivity contribution in [3.05, 3.63) is 54.3 Å². The molecular formula is C15H21N3O2S. The summed E-state index contributed by atoms with van der Waals surface area (Å²) in [6.45, 7) is 5.40. The van der Waals surface area contributed by atoms with Crippen LogP contribution in [-0.4, -0.2) is 14.0 Å². The normalized spacial score (nSPS) is 22.1. The molecule has 0 aliphatic carbocycles. The van der Waals surface area contributed by atoms with Crippen LogP contribution in [0.25, 0.3) is 0 Å². The van der Waals surface area contributed by atoms with Crippen molar-refractivity contribution >= 4 is 10.0 Å². The molecule has 1 aliphatic heterocycles. The predicted octanol–water partition coefficient (Wildman–Crippen LogP) is 1.55. The Hall–Kier alpha value is -1.63. The van der Waals surface area contributed by atoms with Crippen LogP contribution in [0.3, 0.4) is 0 Å². The number of hydrogen-bond donors (Lipinski definition) is 3. The molecule has 1 atom stereocenters. The molecule has 0 bridgehead atoms. The Kier molecular flexibility index (Phi) is 3.97. The Morgan fingerprint density at radius 3 is 2.43 bits per heavy atom. The van der Waals surface area contributed by atoms with Crippen molar-refractivity contribution in [3.8, 4) is 0 Å². The minimum Gasteiger partial charge on any atom is -0.366 e. The second kappa shape index (κ2) is 5.29. The van der Waals surface area contributed by atoms with Gasteiger partial charge in [0.2, 0.25) is 10.0 Å². The van der Waals surface area contributed by atoms with E-state index in [0.717, 1.165) is 0 Å². The minimum absolute atomic E-state index is 0.176. The third-order valence-electron chi connectivity index (χ3n) is 2.95. The largest absolute Gasteiger partial charge is 0.366 e. The summed E-state index contributed by atoms with van der Waals surface area (Å²) in [4.78, 5) is 0.176. The molecule has 4 N–H and O–H groups in total. The summed E-state index contributed by atoms with van der Waals surface area (Å²) >= 11 is 0. The number of nitrogens with two attached hydrogens (primary N) is 1. The Bertz CT molecular complexity index is 687. The molecule has 114 valence electrons. The Morgan fingerprint density at radius 1 is 1.19 bits per heavy atom. The molecule has 1 aromatic rings. The maximum atomic E-state index is 12.6. The highest BCUT2D eigenvalue weighted by Crippen LogP contribution is 2.27. The zero-order valence-electron chi connectivity index (χ0n) is 12.4. The molecule has 0 aromatic heterocycles. The monoisotopic (exact) mass is 307 g/mol. The van der Waals surface area contributed by atoms with E-state index in [-0.39, 0.29) is 4.90 Å². The third-order valence-corrected chi connectivity index (χ3v) is 4.77. The van der Waals surface area contributed by atoms with Gasteiger partial charge in [-0.15, -0.1) is 0 Å². The average molecular weight is 307 g/mol. The Morgan fingerprint density at radius 2 is 1.86 bits per heavy atom. The SMILES string of the molecule is CC(C)(C)NS(=O)(=O)c1ccccc1C1(N)C=CC=CN1. The number of dihydropyridines is 1. The van der Waals surface area contributed by atoms with Gasteiger partial charge in [0, 0.05) is 11.1 Å². The van der Waals surface area contributed by atoms with Crippen LogP contribution in [0.1, 0.15) is 26.3 Å². The van der Waals surface area contributed by atoms with Crippen molar-refractivity contribution in [2.45, 2.75) is 36.9 Å². The summed E-state index contributed by atoms with van der Waals surface area (Å²) in [7, 11) is -3.66. The standard InChI is InChI=1S/C15H21N3O2S/c1-14(2,3)18-21(19,20)13-9-5-4-8-12(13)15(16)10-6-7-11-17-15/h4-11,17-18H,16H2,1-3H3. The zero-order valence-corrected chi connectivity index (χ0v) is 13.2. The van der Waals surface area contributed by atoms with Gasteiger partial charge in [-0.2, -0.15) is 0 Å². The fraction of sp³-hybridized carbons (Fsp3) is 0.333. The molecule has 0 amide bonds. The van der Waals surface area contributed by atoms with Crippen molar-refractivity contribution in [2.24, 2.45) is 5.73 Å². The van der Waals surface area contributed by atoms with Gasteiger partial charge in [-0.1, -0.05) is 24.3 Å². The van der Waals surface area contributed by atoms with Crippen LogP contribution in [0.4, 0.5) is 0 Å². The van der Waals surface area contributed by atoms with Crippen molar-refractivity contribution < 1.29 is 8.42 Å². The second-order valence-electron chi connectivity index (χ2n) is 6.08. The lowest BCUT2D eigenvalue weighted by Gasteiger charge is -2.31. The molecule has 0 radical (unpaired) electrons. The van der Waals surface area contributed by atoms with Crippen LogP contribution in [0, 0.1) is 0 Å². The van der Waals surface area contributed by atoms with Crippen LogP contribution >= 0.6 is 0 Å². The van der Waals surface area contributed by atoms with E-state index in [2.05, 4.69) is 10.0 Å². The van der Waals surface area contributed by atoms with Crippen molar-refractivity contribution in [2.75, 3.05) is 0 Å². The fourth-order valence-electron chi connectivity index (χ4n) is 2.17. The van der Waals surface area contributed by atoms with Gasteiger partial charge in [-0.05, 0) is 45.2 Å². The highest BCUT2D eigenvalue weighted by Gasteiger charge is 2.32. The van der Waals surface area contributed by atoms with Crippen molar-refractivity contribution in [1.82, 2.24) is 10.0 Å². The summed E-state index contributed by atoms with van der Waals surface area (Å²) < 4.78 is 27.9. The first-order chi connectivity index (χ1) is 9.64. The lowest BCUT2D eigenvalue weighted by atomic mass is 9.98. The van der Waals surface area contributed by atoms with Crippen LogP contribution in [-0.2, 0) is 15.7 Å². The summed E-state index contributed by atoms with van der Waals surface area (Å²) in [6.07, 6.45) is 7.02. The molecule has 0 saturated heterocycles. The molecule has 6 heteroatoms. The molecule has 1 aromatic carbocycles. The smallest absolute Gasteiger partial charge is 0.241 e. The first kappa shape index (κ1) is 15.8. The van der Waals surface area contributed by atoms with Gasteiger partial charge in [0.25, 0.3) is 0 Å². The molecule has 2 rings (SSSR count). The lowest BCUT2D eigenvalue weighted by molar-refractivity contribution is 0.470. The molecule has 1 aliphatic rings. The molecule has 0 saturated carbocycles. The van der Waals surface area contributed by atoms with Crippen LogP contribution in [0.2, 0.25) is 0 Å². The average Bonchev–Trinajstić information content (AvgIpc) is 2.37. The van der Waals surface area contributed by atoms with E-state index >= 15 is 0 Å². The van der Waals surface area contributed by atoms with Crippen molar-refractivity contribution in [3.63, 3.8) is 0 Å². The number of benzene rings is 1. The molecule has 0 spiro atoms. The highest BCUT2D eigenvalue weighted by molar-refractivity contribution is 7.89. The minimum atomic E-state index is -3.66. The molecule has 0 fully saturated rings. The van der Waals surface area contributed by atoms with E-state index in [9.17, 15) is 8.42 Å². The summed E-state index contributed by atoms with van der Waals surface area (Å²) in [5.74, 6) is 0. The van der Waals surface area contributed by atoms with Gasteiger partial charge in [0.05, 0.1) is 4.90 Å². The van der Waals surface area contributed by atoms with E-state index < -0.39 is 21.2 Å². The van der Waals surface area contributed by atoms with Gasteiger partial charge < -0.3 is 11.1 Å². The molecule has 21 heavy (non-hydrogen) atoms. The summed E-state index contributed by atoms with van der Waals surface area (Å²) in [5.41, 5.74) is 5.19. The Balaban J connectivity index is 2.52. The van der Waals surface area contributed by atoms with Gasteiger partial charge in [-0.25, -0.2) is 13.1 Å². The zero-order chi connectivity index (χ0) is 15.7. The molecule has 5 nitrogen and oxygen atoms in total. The maximum absolute atomic E-state index is 12.6.